The minimum Gasteiger partial charge on any atom is -0.459 e. The van der Waals surface area contributed by atoms with E-state index in [2.05, 4.69) is 14.5 Å². The number of nitrogens with one attached hydrogen (secondary N) is 1. The number of hydrogen-bond donors (Lipinski definition) is 1. The predicted octanol–water partition coefficient (Wildman–Crippen LogP) is 0.0867. The molecule has 1 rings (SSSR count). The molecule has 2 unspecified atom stereocenters. The van der Waals surface area contributed by atoms with Gasteiger partial charge in [-0.05, 0) is 6.92 Å². The molecule has 0 saturated carbocycles. The van der Waals surface area contributed by atoms with Crippen LogP contribution in [-0.4, -0.2) is 31.3 Å². The Morgan fingerprint density at radius 3 is 3.08 bits per heavy atom. The van der Waals surface area contributed by atoms with Crippen LogP contribution < -0.4 is 5.09 Å². The summed E-state index contributed by atoms with van der Waals surface area (Å²) in [6, 6.07) is -0.268. The first-order valence-corrected chi connectivity index (χ1v) is 4.56. The van der Waals surface area contributed by atoms with Crippen molar-refractivity contribution in [3.8, 4) is 0 Å². The first kappa shape index (κ1) is 9.90. The Kier molecular flexibility index (Phi) is 3.92. The van der Waals surface area contributed by atoms with E-state index in [9.17, 15) is 4.79 Å². The molecular formula is C7H14NO3P. The summed E-state index contributed by atoms with van der Waals surface area (Å²) in [5, 5.41) is 2.74. The van der Waals surface area contributed by atoms with Gasteiger partial charge in [-0.15, -0.1) is 0 Å². The summed E-state index contributed by atoms with van der Waals surface area (Å²) in [6.45, 7) is 2.99. The highest BCUT2D eigenvalue weighted by Crippen LogP contribution is 2.09. The smallest absolute Gasteiger partial charge is 0.323 e. The van der Waals surface area contributed by atoms with E-state index in [-0.39, 0.29) is 18.1 Å². The fraction of sp³-hybridized carbons (Fsp3) is 0.857. The van der Waals surface area contributed by atoms with Crippen LogP contribution >= 0.6 is 9.39 Å². The van der Waals surface area contributed by atoms with Crippen LogP contribution in [0.25, 0.3) is 0 Å². The van der Waals surface area contributed by atoms with Crippen molar-refractivity contribution in [2.75, 3.05) is 13.2 Å². The molecule has 0 aromatic carbocycles. The van der Waals surface area contributed by atoms with E-state index in [1.807, 2.05) is 0 Å². The minimum absolute atomic E-state index is 0.0432. The van der Waals surface area contributed by atoms with Gasteiger partial charge in [0.25, 0.3) is 0 Å². The summed E-state index contributed by atoms with van der Waals surface area (Å²) >= 11 is 0. The zero-order valence-electron chi connectivity index (χ0n) is 7.08. The maximum atomic E-state index is 11.2. The second kappa shape index (κ2) is 4.75. The van der Waals surface area contributed by atoms with Crippen molar-refractivity contribution in [1.82, 2.24) is 5.09 Å². The standard InChI is InChI=1S/C7H14NO3P/c1-5(8-12)7(9)11-6-2-3-10-4-6/h5-6,8H,2-4,12H2,1H3/t5?,6-/m0/s1. The lowest BCUT2D eigenvalue weighted by atomic mass is 10.3. The van der Waals surface area contributed by atoms with E-state index < -0.39 is 0 Å². The maximum absolute atomic E-state index is 11.2. The monoisotopic (exact) mass is 191 g/mol. The van der Waals surface area contributed by atoms with Crippen LogP contribution in [0.3, 0.4) is 0 Å². The van der Waals surface area contributed by atoms with Gasteiger partial charge in [0.1, 0.15) is 12.1 Å². The molecule has 4 nitrogen and oxygen atoms in total. The zero-order chi connectivity index (χ0) is 8.97. The Labute approximate surface area is 74.2 Å². The third-order valence-corrected chi connectivity index (χ3v) is 2.27. The summed E-state index contributed by atoms with van der Waals surface area (Å²) in [4.78, 5) is 11.2. The molecule has 0 bridgehead atoms. The van der Waals surface area contributed by atoms with Gasteiger partial charge in [-0.3, -0.25) is 9.88 Å². The molecule has 1 aliphatic rings. The van der Waals surface area contributed by atoms with Crippen LogP contribution in [0.5, 0.6) is 0 Å². The first-order valence-electron chi connectivity index (χ1n) is 3.98. The van der Waals surface area contributed by atoms with E-state index in [1.165, 1.54) is 0 Å². The van der Waals surface area contributed by atoms with Crippen LogP contribution in [0.2, 0.25) is 0 Å². The van der Waals surface area contributed by atoms with Gasteiger partial charge in [-0.1, -0.05) is 9.39 Å². The lowest BCUT2D eigenvalue weighted by Gasteiger charge is -2.13. The predicted molar refractivity (Wildman–Crippen MR) is 47.6 cm³/mol. The van der Waals surface area contributed by atoms with Crippen molar-refractivity contribution < 1.29 is 14.3 Å². The average molecular weight is 191 g/mol. The summed E-state index contributed by atoms with van der Waals surface area (Å²) in [5.41, 5.74) is 0. The van der Waals surface area contributed by atoms with Crippen molar-refractivity contribution in [1.29, 1.82) is 0 Å². The summed E-state index contributed by atoms with van der Waals surface area (Å²) in [6.07, 6.45) is 0.772. The molecule has 1 N–H and O–H groups in total. The molecule has 1 fully saturated rings. The van der Waals surface area contributed by atoms with E-state index in [4.69, 9.17) is 9.47 Å². The molecule has 70 valence electrons. The van der Waals surface area contributed by atoms with Crippen molar-refractivity contribution in [2.24, 2.45) is 0 Å². The van der Waals surface area contributed by atoms with E-state index in [0.29, 0.717) is 13.2 Å². The van der Waals surface area contributed by atoms with Crippen LogP contribution in [0.1, 0.15) is 13.3 Å². The normalized spacial score (nSPS) is 25.3. The third-order valence-electron chi connectivity index (χ3n) is 1.77. The number of carbonyl (C=O) groups is 1. The van der Waals surface area contributed by atoms with Gasteiger partial charge in [0.15, 0.2) is 0 Å². The average Bonchev–Trinajstić information content (AvgIpc) is 2.55. The van der Waals surface area contributed by atoms with Crippen LogP contribution in [-0.2, 0) is 14.3 Å². The number of esters is 1. The van der Waals surface area contributed by atoms with Crippen molar-refractivity contribution in [3.05, 3.63) is 0 Å². The third kappa shape index (κ3) is 2.70. The molecule has 0 spiro atoms. The largest absolute Gasteiger partial charge is 0.459 e. The van der Waals surface area contributed by atoms with E-state index in [1.54, 1.807) is 6.92 Å². The Bertz CT molecular complexity index is 159. The number of carbonyl (C=O) groups excluding carboxylic acids is 1. The molecule has 1 aliphatic heterocycles. The summed E-state index contributed by atoms with van der Waals surface area (Å²) in [5.74, 6) is -0.222. The van der Waals surface area contributed by atoms with Crippen LogP contribution in [0.15, 0.2) is 0 Å². The van der Waals surface area contributed by atoms with Crippen LogP contribution in [0.4, 0.5) is 0 Å². The Balaban J connectivity index is 2.25. The second-order valence-corrected chi connectivity index (χ2v) is 3.14. The fourth-order valence-corrected chi connectivity index (χ4v) is 1.08. The highest BCUT2D eigenvalue weighted by atomic mass is 31.0. The van der Waals surface area contributed by atoms with Gasteiger partial charge < -0.3 is 9.47 Å². The fourth-order valence-electron chi connectivity index (χ4n) is 0.940. The van der Waals surface area contributed by atoms with Crippen molar-refractivity contribution >= 4 is 15.4 Å². The van der Waals surface area contributed by atoms with Gasteiger partial charge in [-0.25, -0.2) is 0 Å². The van der Waals surface area contributed by atoms with Gasteiger partial charge in [-0.2, -0.15) is 0 Å². The second-order valence-electron chi connectivity index (χ2n) is 2.81. The quantitative estimate of drug-likeness (QED) is 0.507. The molecule has 0 aliphatic carbocycles. The number of ether oxygens (including phenoxy) is 2. The van der Waals surface area contributed by atoms with Gasteiger partial charge >= 0.3 is 5.97 Å². The highest BCUT2D eigenvalue weighted by Gasteiger charge is 2.22. The molecule has 12 heavy (non-hydrogen) atoms. The van der Waals surface area contributed by atoms with E-state index in [0.717, 1.165) is 6.42 Å². The topological polar surface area (TPSA) is 47.6 Å². The number of rotatable bonds is 3. The molecule has 0 radical (unpaired) electrons. The molecule has 1 heterocycles. The maximum Gasteiger partial charge on any atom is 0.323 e. The van der Waals surface area contributed by atoms with Gasteiger partial charge in [0.05, 0.1) is 13.2 Å². The molecule has 0 amide bonds. The van der Waals surface area contributed by atoms with Gasteiger partial charge in [0.2, 0.25) is 0 Å². The van der Waals surface area contributed by atoms with Gasteiger partial charge in [0, 0.05) is 6.42 Å². The first-order chi connectivity index (χ1) is 5.74. The van der Waals surface area contributed by atoms with Crippen molar-refractivity contribution in [3.63, 3.8) is 0 Å². The molecule has 1 saturated heterocycles. The summed E-state index contributed by atoms with van der Waals surface area (Å²) < 4.78 is 10.2. The SMILES string of the molecule is CC(NP)C(=O)O[C@H]1CCOC1. The Hall–Kier alpha value is -0.180. The zero-order valence-corrected chi connectivity index (χ0v) is 8.23. The lowest BCUT2D eigenvalue weighted by Crippen LogP contribution is -2.32. The Morgan fingerprint density at radius 1 is 1.83 bits per heavy atom. The van der Waals surface area contributed by atoms with Crippen molar-refractivity contribution in [2.45, 2.75) is 25.5 Å². The van der Waals surface area contributed by atoms with Crippen LogP contribution in [0, 0.1) is 0 Å². The number of hydrogen-bond acceptors (Lipinski definition) is 4. The highest BCUT2D eigenvalue weighted by molar-refractivity contribution is 7.13. The lowest BCUT2D eigenvalue weighted by molar-refractivity contribution is -0.150. The summed E-state index contributed by atoms with van der Waals surface area (Å²) in [7, 11) is 2.29. The van der Waals surface area contributed by atoms with E-state index >= 15 is 0 Å². The molecule has 0 aromatic heterocycles. The minimum atomic E-state index is -0.268. The molecular weight excluding hydrogens is 177 g/mol. The molecule has 0 aromatic rings. The molecule has 5 heteroatoms. The Morgan fingerprint density at radius 2 is 2.58 bits per heavy atom. The molecule has 3 atom stereocenters.